The minimum absolute atomic E-state index is 0.247. The summed E-state index contributed by atoms with van der Waals surface area (Å²) in [6.07, 6.45) is 3.80. The number of nitrogens with one attached hydrogen (secondary N) is 1. The summed E-state index contributed by atoms with van der Waals surface area (Å²) in [4.78, 5) is 5.57. The molecule has 0 saturated carbocycles. The lowest BCUT2D eigenvalue weighted by molar-refractivity contribution is 0.649. The molecule has 0 radical (unpaired) electrons. The Morgan fingerprint density at radius 1 is 1.35 bits per heavy atom. The third-order valence-corrected chi connectivity index (χ3v) is 3.91. The minimum atomic E-state index is 0.247. The Balaban J connectivity index is 2.24. The number of nitrogens with zero attached hydrogens (tertiary/aromatic N) is 2. The third kappa shape index (κ3) is 2.82. The van der Waals surface area contributed by atoms with E-state index in [4.69, 9.17) is 11.6 Å². The minimum Gasteiger partial charge on any atom is -0.353 e. The summed E-state index contributed by atoms with van der Waals surface area (Å²) in [5.74, 6) is 0.900. The first-order valence-electron chi connectivity index (χ1n) is 5.62. The van der Waals surface area contributed by atoms with E-state index in [1.165, 1.54) is 4.88 Å². The molecule has 2 aromatic rings. The van der Waals surface area contributed by atoms with E-state index in [-0.39, 0.29) is 6.04 Å². The van der Waals surface area contributed by atoms with E-state index in [9.17, 15) is 0 Å². The van der Waals surface area contributed by atoms with E-state index in [2.05, 4.69) is 41.7 Å². The molecule has 0 aliphatic rings. The molecule has 0 aromatic carbocycles. The molecule has 92 valence electrons. The molecule has 2 heterocycles. The van der Waals surface area contributed by atoms with Gasteiger partial charge in [0.05, 0.1) is 10.4 Å². The number of imidazole rings is 1. The Hall–Kier alpha value is -1.000. The van der Waals surface area contributed by atoms with Crippen molar-refractivity contribution in [1.29, 1.82) is 0 Å². The fourth-order valence-electron chi connectivity index (χ4n) is 1.69. The Morgan fingerprint density at radius 2 is 2.12 bits per heavy atom. The third-order valence-electron chi connectivity index (χ3n) is 2.51. The van der Waals surface area contributed by atoms with Crippen LogP contribution in [0.25, 0.3) is 0 Å². The van der Waals surface area contributed by atoms with Crippen molar-refractivity contribution in [2.75, 3.05) is 5.32 Å². The van der Waals surface area contributed by atoms with Crippen molar-refractivity contribution in [3.8, 4) is 0 Å². The molecule has 1 N–H and O–H groups in total. The van der Waals surface area contributed by atoms with Crippen LogP contribution in [-0.2, 0) is 0 Å². The molecular formula is C12H16ClN3S. The number of halogens is 1. The van der Waals surface area contributed by atoms with Gasteiger partial charge in [-0.05, 0) is 32.9 Å². The van der Waals surface area contributed by atoms with Gasteiger partial charge in [0.15, 0.2) is 0 Å². The zero-order valence-corrected chi connectivity index (χ0v) is 11.7. The zero-order chi connectivity index (χ0) is 12.4. The maximum absolute atomic E-state index is 5.97. The highest BCUT2D eigenvalue weighted by atomic mass is 35.5. The van der Waals surface area contributed by atoms with Gasteiger partial charge in [-0.2, -0.15) is 0 Å². The summed E-state index contributed by atoms with van der Waals surface area (Å²) in [7, 11) is 0. The quantitative estimate of drug-likeness (QED) is 0.908. The van der Waals surface area contributed by atoms with Crippen molar-refractivity contribution >= 4 is 28.9 Å². The summed E-state index contributed by atoms with van der Waals surface area (Å²) in [5, 5.41) is 3.33. The Morgan fingerprint density at radius 3 is 2.71 bits per heavy atom. The molecule has 0 amide bonds. The second kappa shape index (κ2) is 5.10. The molecule has 0 saturated heterocycles. The highest BCUT2D eigenvalue weighted by Gasteiger charge is 2.14. The van der Waals surface area contributed by atoms with Gasteiger partial charge in [0, 0.05) is 23.3 Å². The number of hydrogen-bond acceptors (Lipinski definition) is 3. The summed E-state index contributed by atoms with van der Waals surface area (Å²) in [6.45, 7) is 6.35. The van der Waals surface area contributed by atoms with Crippen LogP contribution in [0.5, 0.6) is 0 Å². The van der Waals surface area contributed by atoms with Gasteiger partial charge in [-0.3, -0.25) is 0 Å². The van der Waals surface area contributed by atoms with Crippen molar-refractivity contribution in [3.05, 3.63) is 33.7 Å². The number of rotatable bonds is 4. The zero-order valence-electron chi connectivity index (χ0n) is 10.1. The summed E-state index contributed by atoms with van der Waals surface area (Å²) in [6, 6.07) is 4.62. The molecule has 1 atom stereocenters. The lowest BCUT2D eigenvalue weighted by Gasteiger charge is -2.17. The molecule has 2 aromatic heterocycles. The second-order valence-corrected chi connectivity index (χ2v) is 6.02. The first kappa shape index (κ1) is 12.5. The lowest BCUT2D eigenvalue weighted by Crippen LogP contribution is -2.16. The van der Waals surface area contributed by atoms with Crippen molar-refractivity contribution in [2.24, 2.45) is 0 Å². The predicted octanol–water partition coefficient (Wildman–Crippen LogP) is 4.03. The Bertz CT molecular complexity index is 489. The number of anilines is 1. The van der Waals surface area contributed by atoms with Gasteiger partial charge in [-0.25, -0.2) is 4.98 Å². The van der Waals surface area contributed by atoms with Crippen LogP contribution in [0, 0.1) is 0 Å². The SMILES string of the molecule is CC(C)Nc1nccn1C(C)c1ccc(Cl)s1. The molecule has 3 nitrogen and oxygen atoms in total. The molecule has 5 heteroatoms. The largest absolute Gasteiger partial charge is 0.353 e. The summed E-state index contributed by atoms with van der Waals surface area (Å²) < 4.78 is 2.95. The van der Waals surface area contributed by atoms with Crippen molar-refractivity contribution in [3.63, 3.8) is 0 Å². The molecule has 0 aliphatic carbocycles. The first-order chi connectivity index (χ1) is 8.08. The topological polar surface area (TPSA) is 29.9 Å². The summed E-state index contributed by atoms with van der Waals surface area (Å²) in [5.41, 5.74) is 0. The van der Waals surface area contributed by atoms with Crippen LogP contribution in [0.4, 0.5) is 5.95 Å². The molecule has 2 rings (SSSR count). The van der Waals surface area contributed by atoms with Gasteiger partial charge in [0.1, 0.15) is 0 Å². The first-order valence-corrected chi connectivity index (χ1v) is 6.82. The number of thiophene rings is 1. The highest BCUT2D eigenvalue weighted by molar-refractivity contribution is 7.16. The average Bonchev–Trinajstić information content (AvgIpc) is 2.85. The van der Waals surface area contributed by atoms with Crippen LogP contribution in [0.2, 0.25) is 4.34 Å². The van der Waals surface area contributed by atoms with Gasteiger partial charge in [0.25, 0.3) is 0 Å². The van der Waals surface area contributed by atoms with E-state index in [0.29, 0.717) is 6.04 Å². The van der Waals surface area contributed by atoms with Gasteiger partial charge in [-0.1, -0.05) is 11.6 Å². The van der Waals surface area contributed by atoms with E-state index < -0.39 is 0 Å². The lowest BCUT2D eigenvalue weighted by atomic mass is 10.3. The van der Waals surface area contributed by atoms with Crippen LogP contribution in [0.1, 0.15) is 31.7 Å². The molecule has 0 spiro atoms. The fraction of sp³-hybridized carbons (Fsp3) is 0.417. The van der Waals surface area contributed by atoms with Gasteiger partial charge < -0.3 is 9.88 Å². The van der Waals surface area contributed by atoms with E-state index in [1.807, 2.05) is 18.5 Å². The van der Waals surface area contributed by atoms with Crippen LogP contribution in [-0.4, -0.2) is 15.6 Å². The molecule has 0 aliphatic heterocycles. The van der Waals surface area contributed by atoms with E-state index in [1.54, 1.807) is 11.3 Å². The molecule has 17 heavy (non-hydrogen) atoms. The van der Waals surface area contributed by atoms with Crippen LogP contribution < -0.4 is 5.32 Å². The average molecular weight is 270 g/mol. The molecule has 0 fully saturated rings. The van der Waals surface area contributed by atoms with Crippen LogP contribution >= 0.6 is 22.9 Å². The predicted molar refractivity (Wildman–Crippen MR) is 74.1 cm³/mol. The maximum atomic E-state index is 5.97. The van der Waals surface area contributed by atoms with Crippen LogP contribution in [0.15, 0.2) is 24.5 Å². The molecule has 1 unspecified atom stereocenters. The van der Waals surface area contributed by atoms with Crippen molar-refractivity contribution < 1.29 is 0 Å². The normalized spacial score (nSPS) is 13.0. The summed E-state index contributed by atoms with van der Waals surface area (Å²) >= 11 is 7.58. The highest BCUT2D eigenvalue weighted by Crippen LogP contribution is 2.30. The van der Waals surface area contributed by atoms with Crippen molar-refractivity contribution in [2.45, 2.75) is 32.9 Å². The Labute approximate surface area is 110 Å². The number of aromatic nitrogens is 2. The van der Waals surface area contributed by atoms with Gasteiger partial charge in [-0.15, -0.1) is 11.3 Å². The van der Waals surface area contributed by atoms with Crippen LogP contribution in [0.3, 0.4) is 0 Å². The van der Waals surface area contributed by atoms with E-state index in [0.717, 1.165) is 10.3 Å². The maximum Gasteiger partial charge on any atom is 0.203 e. The standard InChI is InChI=1S/C12H16ClN3S/c1-8(2)15-12-14-6-7-16(12)9(3)10-4-5-11(13)17-10/h4-9H,1-3H3,(H,14,15). The Kier molecular flexibility index (Phi) is 3.74. The molecule has 0 bridgehead atoms. The molecular weight excluding hydrogens is 254 g/mol. The monoisotopic (exact) mass is 269 g/mol. The van der Waals surface area contributed by atoms with Gasteiger partial charge in [0.2, 0.25) is 5.95 Å². The second-order valence-electron chi connectivity index (χ2n) is 4.28. The fourth-order valence-corrected chi connectivity index (χ4v) is 2.80. The van der Waals surface area contributed by atoms with Crippen molar-refractivity contribution in [1.82, 2.24) is 9.55 Å². The van der Waals surface area contributed by atoms with Gasteiger partial charge >= 0.3 is 0 Å². The number of hydrogen-bond donors (Lipinski definition) is 1. The van der Waals surface area contributed by atoms with E-state index >= 15 is 0 Å². The smallest absolute Gasteiger partial charge is 0.203 e.